The normalized spacial score (nSPS) is 17.9. The van der Waals surface area contributed by atoms with E-state index in [0.717, 1.165) is 19.6 Å². The molecule has 0 bridgehead atoms. The Labute approximate surface area is 158 Å². The Bertz CT molecular complexity index is 696. The predicted molar refractivity (Wildman–Crippen MR) is 108 cm³/mol. The fourth-order valence-electron chi connectivity index (χ4n) is 3.03. The summed E-state index contributed by atoms with van der Waals surface area (Å²) in [7, 11) is -1.44. The molecule has 146 valence electrons. The molecule has 1 aromatic rings. The first kappa shape index (κ1) is 20.7. The molecule has 7 heteroatoms. The predicted octanol–water partition coefficient (Wildman–Crippen LogP) is 1.81. The van der Waals surface area contributed by atoms with Gasteiger partial charge >= 0.3 is 0 Å². The van der Waals surface area contributed by atoms with E-state index in [4.69, 9.17) is 0 Å². The lowest BCUT2D eigenvalue weighted by atomic mass is 10.1. The first-order chi connectivity index (χ1) is 12.2. The van der Waals surface area contributed by atoms with Crippen molar-refractivity contribution in [3.63, 3.8) is 0 Å². The number of benzene rings is 1. The Morgan fingerprint density at radius 2 is 1.81 bits per heavy atom. The van der Waals surface area contributed by atoms with Crippen LogP contribution in [0.2, 0.25) is 0 Å². The Balaban J connectivity index is 2.00. The van der Waals surface area contributed by atoms with Crippen molar-refractivity contribution in [1.29, 1.82) is 0 Å². The molecule has 1 fully saturated rings. The van der Waals surface area contributed by atoms with Gasteiger partial charge in [-0.15, -0.1) is 0 Å². The maximum atomic E-state index is 11.9. The molecular weight excluding hydrogens is 348 g/mol. The zero-order chi connectivity index (χ0) is 19.2. The molecule has 2 N–H and O–H groups in total. The van der Waals surface area contributed by atoms with E-state index >= 15 is 0 Å². The minimum absolute atomic E-state index is 0.278. The standard InChI is InChI=1S/C19H32N4O2S/c1-19(2,26(4,24)25)15-22-18(20-3)21-14-17(23-12-8-9-13-23)16-10-6-5-7-11-16/h5-7,10-11,17H,8-9,12-15H2,1-4H3,(H2,20,21,22). The Hall–Kier alpha value is -1.60. The highest BCUT2D eigenvalue weighted by Crippen LogP contribution is 2.24. The fourth-order valence-corrected chi connectivity index (χ4v) is 3.36. The Morgan fingerprint density at radius 1 is 1.19 bits per heavy atom. The van der Waals surface area contributed by atoms with E-state index in [1.165, 1.54) is 24.7 Å². The molecule has 26 heavy (non-hydrogen) atoms. The number of likely N-dealkylation sites (tertiary alicyclic amines) is 1. The van der Waals surface area contributed by atoms with Gasteiger partial charge in [0, 0.05) is 26.4 Å². The molecule has 1 aliphatic rings. The monoisotopic (exact) mass is 380 g/mol. The molecule has 1 aliphatic heterocycles. The zero-order valence-corrected chi connectivity index (χ0v) is 17.1. The highest BCUT2D eigenvalue weighted by Gasteiger charge is 2.30. The summed E-state index contributed by atoms with van der Waals surface area (Å²) in [6, 6.07) is 10.8. The van der Waals surface area contributed by atoms with Gasteiger partial charge in [-0.2, -0.15) is 0 Å². The van der Waals surface area contributed by atoms with Crippen molar-refractivity contribution in [2.75, 3.05) is 39.5 Å². The molecule has 0 amide bonds. The van der Waals surface area contributed by atoms with Gasteiger partial charge in [-0.25, -0.2) is 8.42 Å². The number of nitrogens with one attached hydrogen (secondary N) is 2. The minimum Gasteiger partial charge on any atom is -0.355 e. The molecule has 1 aromatic carbocycles. The van der Waals surface area contributed by atoms with E-state index in [2.05, 4.69) is 44.8 Å². The molecule has 1 saturated heterocycles. The van der Waals surface area contributed by atoms with Crippen LogP contribution in [-0.2, 0) is 9.84 Å². The van der Waals surface area contributed by atoms with E-state index < -0.39 is 14.6 Å². The molecular formula is C19H32N4O2S. The Kier molecular flexibility index (Phi) is 7.06. The van der Waals surface area contributed by atoms with Gasteiger partial charge in [0.15, 0.2) is 15.8 Å². The van der Waals surface area contributed by atoms with Crippen LogP contribution in [0.15, 0.2) is 35.3 Å². The highest BCUT2D eigenvalue weighted by molar-refractivity contribution is 7.92. The summed E-state index contributed by atoms with van der Waals surface area (Å²) in [4.78, 5) is 6.74. The quantitative estimate of drug-likeness (QED) is 0.557. The van der Waals surface area contributed by atoms with Crippen LogP contribution in [0.3, 0.4) is 0 Å². The number of hydrogen-bond donors (Lipinski definition) is 2. The van der Waals surface area contributed by atoms with Crippen molar-refractivity contribution in [2.45, 2.75) is 37.5 Å². The number of aliphatic imine (C=N–C) groups is 1. The Morgan fingerprint density at radius 3 is 2.35 bits per heavy atom. The van der Waals surface area contributed by atoms with Crippen molar-refractivity contribution in [3.8, 4) is 0 Å². The van der Waals surface area contributed by atoms with Crippen LogP contribution in [0.4, 0.5) is 0 Å². The minimum atomic E-state index is -3.15. The van der Waals surface area contributed by atoms with Crippen LogP contribution in [0.1, 0.15) is 38.3 Å². The van der Waals surface area contributed by atoms with Gasteiger partial charge in [0.25, 0.3) is 0 Å². The van der Waals surface area contributed by atoms with E-state index in [0.29, 0.717) is 12.5 Å². The summed E-state index contributed by atoms with van der Waals surface area (Å²) in [5.41, 5.74) is 1.29. The molecule has 1 atom stereocenters. The number of rotatable bonds is 7. The molecule has 0 spiro atoms. The third kappa shape index (κ3) is 5.45. The van der Waals surface area contributed by atoms with Gasteiger partial charge in [0.1, 0.15) is 0 Å². The lowest BCUT2D eigenvalue weighted by Crippen LogP contribution is -2.49. The third-order valence-electron chi connectivity index (χ3n) is 5.14. The highest BCUT2D eigenvalue weighted by atomic mass is 32.2. The van der Waals surface area contributed by atoms with Crippen molar-refractivity contribution >= 4 is 15.8 Å². The molecule has 2 rings (SSSR count). The molecule has 0 radical (unpaired) electrons. The van der Waals surface area contributed by atoms with Crippen molar-refractivity contribution in [1.82, 2.24) is 15.5 Å². The summed E-state index contributed by atoms with van der Waals surface area (Å²) in [5, 5.41) is 6.53. The number of hydrogen-bond acceptors (Lipinski definition) is 4. The average Bonchev–Trinajstić information content (AvgIpc) is 3.12. The molecule has 1 unspecified atom stereocenters. The topological polar surface area (TPSA) is 73.8 Å². The summed E-state index contributed by atoms with van der Waals surface area (Å²) in [5.74, 6) is 0.627. The summed E-state index contributed by atoms with van der Waals surface area (Å²) in [6.45, 7) is 6.69. The molecule has 0 aromatic heterocycles. The molecule has 6 nitrogen and oxygen atoms in total. The van der Waals surface area contributed by atoms with E-state index in [1.54, 1.807) is 20.9 Å². The average molecular weight is 381 g/mol. The fraction of sp³-hybridized carbons (Fsp3) is 0.632. The number of nitrogens with zero attached hydrogens (tertiary/aromatic N) is 2. The maximum absolute atomic E-state index is 11.9. The number of sulfone groups is 1. The van der Waals surface area contributed by atoms with Crippen molar-refractivity contribution in [2.24, 2.45) is 4.99 Å². The largest absolute Gasteiger partial charge is 0.355 e. The molecule has 0 saturated carbocycles. The first-order valence-corrected chi connectivity index (χ1v) is 11.1. The van der Waals surface area contributed by atoms with Crippen LogP contribution >= 0.6 is 0 Å². The summed E-state index contributed by atoms with van der Waals surface area (Å²) >= 11 is 0. The van der Waals surface area contributed by atoms with Gasteiger partial charge in [0.2, 0.25) is 0 Å². The van der Waals surface area contributed by atoms with Gasteiger partial charge in [0.05, 0.1) is 10.8 Å². The third-order valence-corrected chi connectivity index (χ3v) is 7.29. The van der Waals surface area contributed by atoms with Gasteiger partial charge in [-0.3, -0.25) is 9.89 Å². The summed E-state index contributed by atoms with van der Waals surface area (Å²) < 4.78 is 22.9. The maximum Gasteiger partial charge on any atom is 0.191 e. The van der Waals surface area contributed by atoms with Gasteiger partial charge in [-0.05, 0) is 45.3 Å². The van der Waals surface area contributed by atoms with Crippen LogP contribution in [0.5, 0.6) is 0 Å². The van der Waals surface area contributed by atoms with E-state index in [1.807, 2.05) is 6.07 Å². The van der Waals surface area contributed by atoms with Crippen molar-refractivity contribution < 1.29 is 8.42 Å². The van der Waals surface area contributed by atoms with Crippen LogP contribution in [0, 0.1) is 0 Å². The second-order valence-corrected chi connectivity index (χ2v) is 10.2. The molecule has 0 aliphatic carbocycles. The lowest BCUT2D eigenvalue weighted by molar-refractivity contribution is 0.245. The van der Waals surface area contributed by atoms with Gasteiger partial charge < -0.3 is 10.6 Å². The SMILES string of the molecule is CN=C(NCC(c1ccccc1)N1CCCC1)NCC(C)(C)S(C)(=O)=O. The second-order valence-electron chi connectivity index (χ2n) is 7.51. The van der Waals surface area contributed by atoms with E-state index in [-0.39, 0.29) is 6.04 Å². The number of guanidine groups is 1. The van der Waals surface area contributed by atoms with Crippen LogP contribution in [-0.4, -0.2) is 63.5 Å². The van der Waals surface area contributed by atoms with Crippen LogP contribution < -0.4 is 10.6 Å². The smallest absolute Gasteiger partial charge is 0.191 e. The molecule has 1 heterocycles. The zero-order valence-electron chi connectivity index (χ0n) is 16.3. The summed E-state index contributed by atoms with van der Waals surface area (Å²) in [6.07, 6.45) is 3.74. The van der Waals surface area contributed by atoms with E-state index in [9.17, 15) is 8.42 Å². The van der Waals surface area contributed by atoms with Gasteiger partial charge in [-0.1, -0.05) is 30.3 Å². The van der Waals surface area contributed by atoms with Crippen molar-refractivity contribution in [3.05, 3.63) is 35.9 Å². The first-order valence-electron chi connectivity index (χ1n) is 9.18. The van der Waals surface area contributed by atoms with Crippen LogP contribution in [0.25, 0.3) is 0 Å². The second kappa shape index (κ2) is 8.86. The lowest BCUT2D eigenvalue weighted by Gasteiger charge is -2.29.